The highest BCUT2D eigenvalue weighted by atomic mass is 32.2. The number of hydrazone groups is 1. The number of thioether (sulfide) groups is 1. The van der Waals surface area contributed by atoms with Gasteiger partial charge in [-0.25, -0.2) is 14.1 Å². The zero-order valence-corrected chi connectivity index (χ0v) is 25.6. The number of nitrogens with one attached hydrogen (secondary N) is 1. The van der Waals surface area contributed by atoms with Crippen LogP contribution in [0.4, 0.5) is 23.2 Å². The monoisotopic (exact) mass is 655 g/mol. The highest BCUT2D eigenvalue weighted by Gasteiger charge is 2.40. The number of amides is 1. The second-order valence-corrected chi connectivity index (χ2v) is 11.5. The molecule has 9 nitrogen and oxygen atoms in total. The first kappa shape index (κ1) is 31.8. The number of carbonyl (C=O) groups excluding carboxylic acids is 1. The van der Waals surface area contributed by atoms with Crippen molar-refractivity contribution in [2.24, 2.45) is 10.1 Å². The quantitative estimate of drug-likeness (QED) is 0.100. The van der Waals surface area contributed by atoms with Gasteiger partial charge in [0.2, 0.25) is 10.6 Å². The van der Waals surface area contributed by atoms with Crippen LogP contribution in [0.25, 0.3) is 17.1 Å². The average molecular weight is 656 g/mol. The molecule has 45 heavy (non-hydrogen) atoms. The standard InChI is InChI=1S/C30H25F4N7O2S2/c1-17(2)23-13-4-18(3)14-24(23)41-27(42)25(31)45-29(41)37-28(44)38-36-15-19-5-7-20(8-6-19)26-35-16-40(39-26)21-9-11-22(12-10-21)43-30(32,33)34/h4-17,25H,1-3H3,(H,38,44)/b36-15+,37-29-. The van der Waals surface area contributed by atoms with Gasteiger partial charge >= 0.3 is 6.36 Å². The average Bonchev–Trinajstić information content (AvgIpc) is 3.57. The number of amidine groups is 1. The number of benzene rings is 3. The Morgan fingerprint density at radius 3 is 2.49 bits per heavy atom. The molecule has 0 saturated carbocycles. The minimum Gasteiger partial charge on any atom is -0.406 e. The van der Waals surface area contributed by atoms with Gasteiger partial charge < -0.3 is 4.74 Å². The third-order valence-electron chi connectivity index (χ3n) is 6.43. The Morgan fingerprint density at radius 1 is 1.11 bits per heavy atom. The lowest BCUT2D eigenvalue weighted by molar-refractivity contribution is -0.274. The topological polar surface area (TPSA) is 97.0 Å². The lowest BCUT2D eigenvalue weighted by Crippen LogP contribution is -2.33. The molecule has 1 aliphatic heterocycles. The SMILES string of the molecule is Cc1ccc(C(C)C)c(N2C(=O)C(F)S/C2=N\C(=S)N/N=C/c2ccc(-c3ncn(-c4ccc(OC(F)(F)F)cc4)n3)cc2)c1. The van der Waals surface area contributed by atoms with Gasteiger partial charge in [-0.3, -0.25) is 15.1 Å². The van der Waals surface area contributed by atoms with Gasteiger partial charge in [-0.05, 0) is 83.8 Å². The number of alkyl halides is 4. The summed E-state index contributed by atoms with van der Waals surface area (Å²) >= 11 is 5.98. The van der Waals surface area contributed by atoms with Crippen molar-refractivity contribution in [2.75, 3.05) is 4.90 Å². The van der Waals surface area contributed by atoms with Gasteiger partial charge in [0.05, 0.1) is 17.6 Å². The minimum atomic E-state index is -4.77. The van der Waals surface area contributed by atoms with Gasteiger partial charge in [0.25, 0.3) is 5.91 Å². The molecular formula is C30H25F4N7O2S2. The smallest absolute Gasteiger partial charge is 0.406 e. The maximum Gasteiger partial charge on any atom is 0.573 e. The highest BCUT2D eigenvalue weighted by molar-refractivity contribution is 8.16. The second kappa shape index (κ2) is 13.2. The number of carbonyl (C=O) groups is 1. The van der Waals surface area contributed by atoms with Crippen molar-refractivity contribution in [3.05, 3.63) is 89.7 Å². The molecule has 15 heteroatoms. The zero-order valence-electron chi connectivity index (χ0n) is 24.0. The third-order valence-corrected chi connectivity index (χ3v) is 7.51. The van der Waals surface area contributed by atoms with Gasteiger partial charge in [0, 0.05) is 5.56 Å². The first-order chi connectivity index (χ1) is 21.4. The lowest BCUT2D eigenvalue weighted by atomic mass is 9.99. The predicted octanol–water partition coefficient (Wildman–Crippen LogP) is 6.90. The molecule has 0 spiro atoms. The summed E-state index contributed by atoms with van der Waals surface area (Å²) in [5.74, 6) is -0.562. The van der Waals surface area contributed by atoms with Gasteiger partial charge in [-0.1, -0.05) is 50.2 Å². The molecule has 1 aliphatic rings. The summed E-state index contributed by atoms with van der Waals surface area (Å²) in [6.07, 6.45) is -1.82. The maximum absolute atomic E-state index is 14.5. The number of aryl methyl sites for hydroxylation is 1. The van der Waals surface area contributed by atoms with Crippen molar-refractivity contribution in [1.29, 1.82) is 0 Å². The number of halogens is 4. The normalized spacial score (nSPS) is 16.3. The van der Waals surface area contributed by atoms with Crippen LogP contribution in [0.2, 0.25) is 0 Å². The molecule has 1 fully saturated rings. The molecule has 0 aliphatic carbocycles. The van der Waals surface area contributed by atoms with Gasteiger partial charge in [-0.15, -0.1) is 18.3 Å². The minimum absolute atomic E-state index is 0.0521. The molecule has 232 valence electrons. The summed E-state index contributed by atoms with van der Waals surface area (Å²) in [5.41, 5.74) is 5.11. The number of hydrogen-bond acceptors (Lipinski definition) is 7. The van der Waals surface area contributed by atoms with Crippen LogP contribution in [0.1, 0.15) is 36.5 Å². The number of aromatic nitrogens is 3. The largest absolute Gasteiger partial charge is 0.573 e. The number of thiocarbonyl (C=S) groups is 1. The number of ether oxygens (including phenoxy) is 1. The summed E-state index contributed by atoms with van der Waals surface area (Å²) in [6, 6.07) is 18.0. The van der Waals surface area contributed by atoms with E-state index in [1.807, 2.05) is 39.0 Å². The van der Waals surface area contributed by atoms with E-state index in [0.717, 1.165) is 11.1 Å². The Bertz CT molecular complexity index is 1770. The van der Waals surface area contributed by atoms with E-state index in [0.29, 0.717) is 40.1 Å². The fourth-order valence-electron chi connectivity index (χ4n) is 4.34. The highest BCUT2D eigenvalue weighted by Crippen LogP contribution is 2.37. The Balaban J connectivity index is 1.23. The summed E-state index contributed by atoms with van der Waals surface area (Å²) in [5, 5.41) is 8.56. The number of anilines is 1. The van der Waals surface area contributed by atoms with Crippen LogP contribution in [0.15, 0.2) is 83.2 Å². The van der Waals surface area contributed by atoms with Crippen molar-refractivity contribution in [1.82, 2.24) is 20.2 Å². The van der Waals surface area contributed by atoms with Crippen LogP contribution in [0.5, 0.6) is 5.75 Å². The fourth-order valence-corrected chi connectivity index (χ4v) is 5.36. The number of nitrogens with zero attached hydrogens (tertiary/aromatic N) is 6. The van der Waals surface area contributed by atoms with E-state index in [1.165, 1.54) is 46.4 Å². The molecule has 3 aromatic carbocycles. The maximum atomic E-state index is 14.5. The fraction of sp³-hybridized carbons (Fsp3) is 0.200. The number of rotatable bonds is 7. The van der Waals surface area contributed by atoms with Crippen molar-refractivity contribution in [3.63, 3.8) is 0 Å². The zero-order chi connectivity index (χ0) is 32.3. The number of hydrogen-bond donors (Lipinski definition) is 1. The van der Waals surface area contributed by atoms with E-state index >= 15 is 0 Å². The third kappa shape index (κ3) is 7.72. The summed E-state index contributed by atoms with van der Waals surface area (Å²) in [7, 11) is 0. The van der Waals surface area contributed by atoms with E-state index < -0.39 is 17.8 Å². The van der Waals surface area contributed by atoms with Gasteiger partial charge in [0.1, 0.15) is 12.1 Å². The Morgan fingerprint density at radius 2 is 1.82 bits per heavy atom. The second-order valence-electron chi connectivity index (χ2n) is 10.1. The van der Waals surface area contributed by atoms with Crippen molar-refractivity contribution >= 4 is 52.1 Å². The van der Waals surface area contributed by atoms with E-state index in [4.69, 9.17) is 12.2 Å². The Kier molecular flexibility index (Phi) is 9.29. The molecule has 1 saturated heterocycles. The molecule has 2 heterocycles. The first-order valence-electron chi connectivity index (χ1n) is 13.4. The molecule has 1 aromatic heterocycles. The van der Waals surface area contributed by atoms with Crippen molar-refractivity contribution in [3.8, 4) is 22.8 Å². The molecule has 0 radical (unpaired) electrons. The van der Waals surface area contributed by atoms with Crippen LogP contribution in [0, 0.1) is 6.92 Å². The van der Waals surface area contributed by atoms with E-state index in [1.54, 1.807) is 24.3 Å². The van der Waals surface area contributed by atoms with Crippen molar-refractivity contribution < 1.29 is 27.1 Å². The Hall–Kier alpha value is -4.63. The molecule has 1 amide bonds. The van der Waals surface area contributed by atoms with E-state index in [2.05, 4.69) is 30.3 Å². The molecule has 0 bridgehead atoms. The molecule has 5 rings (SSSR count). The predicted molar refractivity (Wildman–Crippen MR) is 169 cm³/mol. The molecule has 4 aromatic rings. The molecule has 1 atom stereocenters. The van der Waals surface area contributed by atoms with Crippen LogP contribution < -0.4 is 15.1 Å². The van der Waals surface area contributed by atoms with Crippen LogP contribution >= 0.6 is 24.0 Å². The van der Waals surface area contributed by atoms with E-state index in [-0.39, 0.29) is 21.9 Å². The molecular weight excluding hydrogens is 631 g/mol. The van der Waals surface area contributed by atoms with E-state index in [9.17, 15) is 22.4 Å². The summed E-state index contributed by atoms with van der Waals surface area (Å²) in [6.45, 7) is 5.88. The molecule has 1 unspecified atom stereocenters. The number of aliphatic imine (C=N–C) groups is 1. The Labute approximate surface area is 265 Å². The van der Waals surface area contributed by atoms with Crippen molar-refractivity contribution in [2.45, 2.75) is 38.6 Å². The van der Waals surface area contributed by atoms with Gasteiger partial charge in [-0.2, -0.15) is 10.1 Å². The summed E-state index contributed by atoms with van der Waals surface area (Å²) < 4.78 is 57.0. The summed E-state index contributed by atoms with van der Waals surface area (Å²) in [4.78, 5) is 22.6. The molecule has 1 N–H and O–H groups in total. The van der Waals surface area contributed by atoms with Crippen LogP contribution in [0.3, 0.4) is 0 Å². The van der Waals surface area contributed by atoms with Crippen LogP contribution in [-0.2, 0) is 4.79 Å². The lowest BCUT2D eigenvalue weighted by Gasteiger charge is -2.22. The first-order valence-corrected chi connectivity index (χ1v) is 14.7. The van der Waals surface area contributed by atoms with Crippen LogP contribution in [-0.4, -0.2) is 49.0 Å². The van der Waals surface area contributed by atoms with Gasteiger partial charge in [0.15, 0.2) is 11.0 Å².